The first-order valence-corrected chi connectivity index (χ1v) is 7.11. The summed E-state index contributed by atoms with van der Waals surface area (Å²) in [6.07, 6.45) is 1.67. The molecule has 0 unspecified atom stereocenters. The van der Waals surface area contributed by atoms with E-state index in [1.165, 1.54) is 12.1 Å². The Balaban J connectivity index is 1.76. The van der Waals surface area contributed by atoms with Gasteiger partial charge >= 0.3 is 0 Å². The minimum atomic E-state index is -0.329. The van der Waals surface area contributed by atoms with Gasteiger partial charge < -0.3 is 5.32 Å². The van der Waals surface area contributed by atoms with Crippen LogP contribution in [-0.2, 0) is 13.6 Å². The molecular weight excluding hydrogens is 295 g/mol. The lowest BCUT2D eigenvalue weighted by molar-refractivity contribution is 0.0944. The number of pyridine rings is 1. The third-order valence-electron chi connectivity index (χ3n) is 3.39. The van der Waals surface area contributed by atoms with Gasteiger partial charge in [0.2, 0.25) is 0 Å². The van der Waals surface area contributed by atoms with Gasteiger partial charge in [0.25, 0.3) is 5.91 Å². The molecule has 23 heavy (non-hydrogen) atoms. The molecule has 2 heterocycles. The average molecular weight is 310 g/mol. The maximum Gasteiger partial charge on any atom is 0.272 e. The van der Waals surface area contributed by atoms with E-state index < -0.39 is 0 Å². The molecule has 1 aromatic carbocycles. The van der Waals surface area contributed by atoms with Gasteiger partial charge in [0.15, 0.2) is 5.69 Å². The van der Waals surface area contributed by atoms with Gasteiger partial charge in [0.05, 0.1) is 17.9 Å². The number of rotatable bonds is 4. The first kappa shape index (κ1) is 14.9. The number of hydrogen-bond donors (Lipinski definition) is 1. The summed E-state index contributed by atoms with van der Waals surface area (Å²) in [5.74, 6) is -0.626. The second-order valence-corrected chi connectivity index (χ2v) is 5.05. The van der Waals surface area contributed by atoms with Crippen LogP contribution in [0, 0.1) is 5.82 Å². The highest BCUT2D eigenvalue weighted by Gasteiger charge is 2.14. The van der Waals surface area contributed by atoms with E-state index in [2.05, 4.69) is 15.4 Å². The zero-order chi connectivity index (χ0) is 16.2. The van der Waals surface area contributed by atoms with Gasteiger partial charge in [-0.1, -0.05) is 18.2 Å². The van der Waals surface area contributed by atoms with Crippen molar-refractivity contribution in [2.75, 3.05) is 0 Å². The fourth-order valence-electron chi connectivity index (χ4n) is 2.26. The number of benzene rings is 1. The fraction of sp³-hybridized carbons (Fsp3) is 0.118. The molecule has 0 atom stereocenters. The third kappa shape index (κ3) is 3.42. The van der Waals surface area contributed by atoms with Crippen molar-refractivity contribution in [1.29, 1.82) is 0 Å². The molecule has 3 rings (SSSR count). The highest BCUT2D eigenvalue weighted by Crippen LogP contribution is 2.20. The Hall–Kier alpha value is -3.02. The van der Waals surface area contributed by atoms with E-state index in [4.69, 9.17) is 0 Å². The Morgan fingerprint density at radius 2 is 2.09 bits per heavy atom. The van der Waals surface area contributed by atoms with Gasteiger partial charge in [-0.05, 0) is 30.3 Å². The predicted molar refractivity (Wildman–Crippen MR) is 84.0 cm³/mol. The molecule has 0 aliphatic rings. The molecule has 3 aromatic rings. The number of hydrogen-bond acceptors (Lipinski definition) is 3. The van der Waals surface area contributed by atoms with Crippen molar-refractivity contribution in [1.82, 2.24) is 20.1 Å². The van der Waals surface area contributed by atoms with Crippen LogP contribution in [0.5, 0.6) is 0 Å². The topological polar surface area (TPSA) is 59.8 Å². The molecular formula is C17H15FN4O. The van der Waals surface area contributed by atoms with Crippen LogP contribution < -0.4 is 5.32 Å². The predicted octanol–water partition coefficient (Wildman–Crippen LogP) is 2.55. The summed E-state index contributed by atoms with van der Waals surface area (Å²) in [6, 6.07) is 13.3. The molecule has 1 amide bonds. The van der Waals surface area contributed by atoms with Crippen molar-refractivity contribution in [3.05, 3.63) is 71.9 Å². The van der Waals surface area contributed by atoms with Gasteiger partial charge in [-0.3, -0.25) is 14.5 Å². The van der Waals surface area contributed by atoms with E-state index >= 15 is 0 Å². The van der Waals surface area contributed by atoms with Crippen molar-refractivity contribution in [3.63, 3.8) is 0 Å². The SMILES string of the molecule is Cn1nc(C(=O)NCc2ccccn2)cc1-c1cccc(F)c1. The summed E-state index contributed by atoms with van der Waals surface area (Å²) in [6.45, 7) is 0.325. The Kier molecular flexibility index (Phi) is 4.14. The molecule has 1 N–H and O–H groups in total. The van der Waals surface area contributed by atoms with Crippen LogP contribution in [0.1, 0.15) is 16.2 Å². The Bertz CT molecular complexity index is 830. The zero-order valence-electron chi connectivity index (χ0n) is 12.5. The van der Waals surface area contributed by atoms with E-state index in [1.807, 2.05) is 18.2 Å². The van der Waals surface area contributed by atoms with Crippen LogP contribution in [0.2, 0.25) is 0 Å². The van der Waals surface area contributed by atoms with Crippen LogP contribution in [0.15, 0.2) is 54.7 Å². The highest BCUT2D eigenvalue weighted by atomic mass is 19.1. The van der Waals surface area contributed by atoms with E-state index in [9.17, 15) is 9.18 Å². The minimum Gasteiger partial charge on any atom is -0.345 e. The molecule has 0 fully saturated rings. The number of nitrogens with zero attached hydrogens (tertiary/aromatic N) is 3. The summed E-state index contributed by atoms with van der Waals surface area (Å²) in [5.41, 5.74) is 2.39. The largest absolute Gasteiger partial charge is 0.345 e. The number of nitrogens with one attached hydrogen (secondary N) is 1. The van der Waals surface area contributed by atoms with Gasteiger partial charge in [-0.2, -0.15) is 5.10 Å². The van der Waals surface area contributed by atoms with Crippen molar-refractivity contribution >= 4 is 5.91 Å². The molecule has 0 bridgehead atoms. The van der Waals surface area contributed by atoms with E-state index in [1.54, 1.807) is 36.1 Å². The minimum absolute atomic E-state index is 0.280. The van der Waals surface area contributed by atoms with Gasteiger partial charge in [0.1, 0.15) is 5.82 Å². The molecule has 5 nitrogen and oxygen atoms in total. The maximum absolute atomic E-state index is 13.3. The van der Waals surface area contributed by atoms with E-state index in [-0.39, 0.29) is 17.4 Å². The lowest BCUT2D eigenvalue weighted by atomic mass is 10.1. The lowest BCUT2D eigenvalue weighted by Gasteiger charge is -2.01. The van der Waals surface area contributed by atoms with Gasteiger partial charge in [-0.25, -0.2) is 4.39 Å². The monoisotopic (exact) mass is 310 g/mol. The van der Waals surface area contributed by atoms with Crippen LogP contribution in [0.3, 0.4) is 0 Å². The lowest BCUT2D eigenvalue weighted by Crippen LogP contribution is -2.23. The van der Waals surface area contributed by atoms with Crippen LogP contribution in [0.4, 0.5) is 4.39 Å². The average Bonchev–Trinajstić information content (AvgIpc) is 2.95. The normalized spacial score (nSPS) is 10.5. The quantitative estimate of drug-likeness (QED) is 0.805. The maximum atomic E-state index is 13.3. The number of carbonyl (C=O) groups excluding carboxylic acids is 1. The smallest absolute Gasteiger partial charge is 0.272 e. The van der Waals surface area contributed by atoms with E-state index in [0.29, 0.717) is 17.8 Å². The number of aromatic nitrogens is 3. The van der Waals surface area contributed by atoms with Gasteiger partial charge in [0, 0.05) is 18.8 Å². The molecule has 116 valence electrons. The number of amides is 1. The number of aryl methyl sites for hydroxylation is 1. The summed E-state index contributed by atoms with van der Waals surface area (Å²) < 4.78 is 14.9. The molecule has 0 radical (unpaired) electrons. The van der Waals surface area contributed by atoms with Crippen LogP contribution in [0.25, 0.3) is 11.3 Å². The summed E-state index contributed by atoms with van der Waals surface area (Å²) in [5, 5.41) is 6.96. The zero-order valence-corrected chi connectivity index (χ0v) is 12.5. The Morgan fingerprint density at radius 3 is 2.83 bits per heavy atom. The molecule has 6 heteroatoms. The van der Waals surface area contributed by atoms with Crippen molar-refractivity contribution in [3.8, 4) is 11.3 Å². The molecule has 0 aliphatic heterocycles. The van der Waals surface area contributed by atoms with Crippen LogP contribution >= 0.6 is 0 Å². The molecule has 0 aliphatic carbocycles. The summed E-state index contributed by atoms with van der Waals surface area (Å²) >= 11 is 0. The fourth-order valence-corrected chi connectivity index (χ4v) is 2.26. The van der Waals surface area contributed by atoms with Crippen LogP contribution in [-0.4, -0.2) is 20.7 Å². The standard InChI is InChI=1S/C17H15FN4O/c1-22-16(12-5-4-6-13(18)9-12)10-15(21-22)17(23)20-11-14-7-2-3-8-19-14/h2-10H,11H2,1H3,(H,20,23). The Labute approximate surface area is 132 Å². The van der Waals surface area contributed by atoms with E-state index in [0.717, 1.165) is 5.69 Å². The van der Waals surface area contributed by atoms with Crippen molar-refractivity contribution in [2.24, 2.45) is 7.05 Å². The third-order valence-corrected chi connectivity index (χ3v) is 3.39. The van der Waals surface area contributed by atoms with Gasteiger partial charge in [-0.15, -0.1) is 0 Å². The number of halogens is 1. The molecule has 0 spiro atoms. The molecule has 0 saturated heterocycles. The molecule has 0 saturated carbocycles. The Morgan fingerprint density at radius 1 is 1.22 bits per heavy atom. The second kappa shape index (κ2) is 6.39. The van der Waals surface area contributed by atoms with Crippen molar-refractivity contribution in [2.45, 2.75) is 6.54 Å². The summed E-state index contributed by atoms with van der Waals surface area (Å²) in [4.78, 5) is 16.3. The second-order valence-electron chi connectivity index (χ2n) is 5.05. The number of carbonyl (C=O) groups is 1. The highest BCUT2D eigenvalue weighted by molar-refractivity contribution is 5.93. The first-order chi connectivity index (χ1) is 11.1. The van der Waals surface area contributed by atoms with Crippen molar-refractivity contribution < 1.29 is 9.18 Å². The first-order valence-electron chi connectivity index (χ1n) is 7.11. The molecule has 2 aromatic heterocycles. The summed E-state index contributed by atoms with van der Waals surface area (Å²) in [7, 11) is 1.72.